The van der Waals surface area contributed by atoms with Gasteiger partial charge < -0.3 is 9.88 Å². The number of aromatic amines is 1. The number of nitrogens with one attached hydrogen (secondary N) is 2. The van der Waals surface area contributed by atoms with Crippen molar-refractivity contribution in [2.45, 2.75) is 43.8 Å². The fraction of sp³-hybridized carbons (Fsp3) is 0.500. The van der Waals surface area contributed by atoms with Gasteiger partial charge in [0.2, 0.25) is 0 Å². The molecule has 2 aliphatic heterocycles. The summed E-state index contributed by atoms with van der Waals surface area (Å²) >= 11 is 0. The molecule has 2 saturated heterocycles. The number of hydrogen-bond donors (Lipinski definition) is 2. The first-order valence-corrected chi connectivity index (χ1v) is 13.6. The Bertz CT molecular complexity index is 1260. The molecule has 1 spiro atoms. The van der Waals surface area contributed by atoms with Gasteiger partial charge in [-0.05, 0) is 43.9 Å². The second kappa shape index (κ2) is 8.60. The molecule has 0 radical (unpaired) electrons. The van der Waals surface area contributed by atoms with Crippen LogP contribution in [0.2, 0.25) is 0 Å². The Morgan fingerprint density at radius 3 is 2.76 bits per heavy atom. The Morgan fingerprint density at radius 1 is 1.09 bits per heavy atom. The Labute approximate surface area is 200 Å². The second-order valence-electron chi connectivity index (χ2n) is 9.76. The molecule has 6 rings (SSSR count). The van der Waals surface area contributed by atoms with E-state index in [1.165, 1.54) is 5.56 Å². The van der Waals surface area contributed by atoms with Crippen molar-refractivity contribution >= 4 is 27.1 Å². The summed E-state index contributed by atoms with van der Waals surface area (Å²) in [5.74, 6) is 0.880. The van der Waals surface area contributed by atoms with Crippen molar-refractivity contribution < 1.29 is 8.42 Å². The third-order valence-electron chi connectivity index (χ3n) is 7.57. The molecule has 180 valence electrons. The first-order chi connectivity index (χ1) is 16.5. The highest BCUT2D eigenvalue weighted by Crippen LogP contribution is 2.46. The second-order valence-corrected chi connectivity index (χ2v) is 11.4. The van der Waals surface area contributed by atoms with E-state index in [9.17, 15) is 8.42 Å². The minimum absolute atomic E-state index is 0.231. The zero-order valence-corrected chi connectivity index (χ0v) is 20.0. The molecule has 4 heterocycles. The molecule has 3 fully saturated rings. The van der Waals surface area contributed by atoms with E-state index in [-0.39, 0.29) is 11.6 Å². The maximum Gasteiger partial charge on any atom is 0.280 e. The van der Waals surface area contributed by atoms with Crippen LogP contribution in [0.5, 0.6) is 0 Å². The highest BCUT2D eigenvalue weighted by molar-refractivity contribution is 7.87. The van der Waals surface area contributed by atoms with E-state index in [0.717, 1.165) is 55.6 Å². The molecule has 2 aromatic heterocycles. The largest absolute Gasteiger partial charge is 0.353 e. The number of H-pyrrole nitrogens is 1. The van der Waals surface area contributed by atoms with Crippen molar-refractivity contribution in [3.63, 3.8) is 0 Å². The summed E-state index contributed by atoms with van der Waals surface area (Å²) in [6.45, 7) is 4.07. The number of hydrogen-bond acceptors (Lipinski definition) is 6. The van der Waals surface area contributed by atoms with Crippen LogP contribution in [-0.4, -0.2) is 76.9 Å². The number of piperazine rings is 1. The van der Waals surface area contributed by atoms with Gasteiger partial charge in [-0.25, -0.2) is 14.7 Å². The maximum atomic E-state index is 13.4. The van der Waals surface area contributed by atoms with Crippen LogP contribution in [0.1, 0.15) is 31.2 Å². The Balaban J connectivity index is 1.12. The van der Waals surface area contributed by atoms with Gasteiger partial charge in [0.25, 0.3) is 10.2 Å². The summed E-state index contributed by atoms with van der Waals surface area (Å²) in [7, 11) is -3.56. The first-order valence-electron chi connectivity index (χ1n) is 12.1. The van der Waals surface area contributed by atoms with E-state index in [0.29, 0.717) is 26.2 Å². The summed E-state index contributed by atoms with van der Waals surface area (Å²) < 4.78 is 31.5. The van der Waals surface area contributed by atoms with Crippen molar-refractivity contribution in [2.75, 3.05) is 37.6 Å². The van der Waals surface area contributed by atoms with Gasteiger partial charge in [0.15, 0.2) is 0 Å². The lowest BCUT2D eigenvalue weighted by atomic mass is 10.2. The van der Waals surface area contributed by atoms with Crippen molar-refractivity contribution in [3.05, 3.63) is 54.5 Å². The molecule has 1 atom stereocenters. The predicted octanol–water partition coefficient (Wildman–Crippen LogP) is 2.11. The fourth-order valence-electron chi connectivity index (χ4n) is 5.61. The van der Waals surface area contributed by atoms with E-state index in [1.54, 1.807) is 10.6 Å². The van der Waals surface area contributed by atoms with Gasteiger partial charge in [-0.2, -0.15) is 12.7 Å². The first kappa shape index (κ1) is 22.0. The van der Waals surface area contributed by atoms with Crippen LogP contribution >= 0.6 is 0 Å². The molecular weight excluding hydrogens is 450 g/mol. The molecule has 1 aromatic carbocycles. The summed E-state index contributed by atoms with van der Waals surface area (Å²) in [4.78, 5) is 16.6. The van der Waals surface area contributed by atoms with E-state index in [2.05, 4.69) is 53.7 Å². The number of fused-ring (bicyclic) bond motifs is 1. The van der Waals surface area contributed by atoms with Crippen molar-refractivity contribution in [3.8, 4) is 0 Å². The maximum absolute atomic E-state index is 13.4. The summed E-state index contributed by atoms with van der Waals surface area (Å²) in [6.07, 6.45) is 7.33. The van der Waals surface area contributed by atoms with Gasteiger partial charge in [-0.15, -0.1) is 0 Å². The lowest BCUT2D eigenvalue weighted by molar-refractivity contribution is 0.239. The van der Waals surface area contributed by atoms with Crippen LogP contribution in [0.15, 0.2) is 48.9 Å². The number of nitrogens with zero attached hydrogens (tertiary/aromatic N) is 5. The molecule has 3 aromatic rings. The fourth-order valence-corrected chi connectivity index (χ4v) is 7.24. The van der Waals surface area contributed by atoms with Crippen LogP contribution in [0.4, 0.5) is 5.82 Å². The van der Waals surface area contributed by atoms with Crippen LogP contribution in [-0.2, 0) is 16.8 Å². The molecule has 1 saturated carbocycles. The van der Waals surface area contributed by atoms with Crippen molar-refractivity contribution in [2.24, 2.45) is 0 Å². The smallest absolute Gasteiger partial charge is 0.280 e. The number of aromatic nitrogens is 3. The lowest BCUT2D eigenvalue weighted by Crippen LogP contribution is -2.60. The van der Waals surface area contributed by atoms with Gasteiger partial charge >= 0.3 is 0 Å². The van der Waals surface area contributed by atoms with Gasteiger partial charge in [-0.3, -0.25) is 4.90 Å². The Hall–Kier alpha value is -2.53. The molecule has 0 bridgehead atoms. The molecule has 2 N–H and O–H groups in total. The average Bonchev–Trinajstić information content (AvgIpc) is 3.23. The molecule has 0 amide bonds. The monoisotopic (exact) mass is 481 g/mol. The van der Waals surface area contributed by atoms with Gasteiger partial charge in [0, 0.05) is 45.0 Å². The normalized spacial score (nSPS) is 23.2. The minimum atomic E-state index is -3.56. The van der Waals surface area contributed by atoms with Crippen molar-refractivity contribution in [1.29, 1.82) is 0 Å². The zero-order valence-electron chi connectivity index (χ0n) is 19.2. The van der Waals surface area contributed by atoms with Crippen LogP contribution in [0.3, 0.4) is 0 Å². The van der Waals surface area contributed by atoms with E-state index in [1.807, 2.05) is 18.3 Å². The summed E-state index contributed by atoms with van der Waals surface area (Å²) in [5, 5.41) is 0.979. The summed E-state index contributed by atoms with van der Waals surface area (Å²) in [6, 6.07) is 12.6. The topological polar surface area (TPSA) is 97.5 Å². The SMILES string of the molecule is O=S(=O)(NCC1CCCN1Cc1ccccc1)N1CCN(c2ncnc3[nH]ccc23)CC12CC2. The molecule has 1 unspecified atom stereocenters. The Kier molecular flexibility index (Phi) is 5.56. The van der Waals surface area contributed by atoms with E-state index in [4.69, 9.17) is 0 Å². The standard InChI is InChI=1S/C24H31N7O2S/c32-34(33,28-15-20-7-4-12-29(20)16-19-5-2-1-3-6-19)31-14-13-30(17-24(31)9-10-24)23-21-8-11-25-22(21)26-18-27-23/h1-3,5-6,8,11,18,20,28H,4,7,9-10,12-17H2,(H,25,26,27). The van der Waals surface area contributed by atoms with E-state index >= 15 is 0 Å². The van der Waals surface area contributed by atoms with Crippen LogP contribution in [0.25, 0.3) is 11.0 Å². The number of rotatable bonds is 7. The van der Waals surface area contributed by atoms with Gasteiger partial charge in [0.05, 0.1) is 10.9 Å². The molecule has 10 heteroatoms. The van der Waals surface area contributed by atoms with E-state index < -0.39 is 10.2 Å². The van der Waals surface area contributed by atoms with Crippen LogP contribution in [0, 0.1) is 0 Å². The number of anilines is 1. The third-order valence-corrected chi connectivity index (χ3v) is 9.25. The highest BCUT2D eigenvalue weighted by Gasteiger charge is 2.56. The van der Waals surface area contributed by atoms with Gasteiger partial charge in [0.1, 0.15) is 17.8 Å². The predicted molar refractivity (Wildman–Crippen MR) is 132 cm³/mol. The molecular formula is C24H31N7O2S. The third kappa shape index (κ3) is 4.08. The minimum Gasteiger partial charge on any atom is -0.353 e. The average molecular weight is 482 g/mol. The van der Waals surface area contributed by atoms with Crippen LogP contribution < -0.4 is 9.62 Å². The zero-order chi connectivity index (χ0) is 23.2. The number of likely N-dealkylation sites (tertiary alicyclic amines) is 1. The molecule has 9 nitrogen and oxygen atoms in total. The highest BCUT2D eigenvalue weighted by atomic mass is 32.2. The number of benzene rings is 1. The molecule has 3 aliphatic rings. The molecule has 34 heavy (non-hydrogen) atoms. The Morgan fingerprint density at radius 2 is 1.94 bits per heavy atom. The van der Waals surface area contributed by atoms with Gasteiger partial charge in [-0.1, -0.05) is 30.3 Å². The molecule has 1 aliphatic carbocycles. The summed E-state index contributed by atoms with van der Waals surface area (Å²) in [5.41, 5.74) is 1.74. The quantitative estimate of drug-likeness (QED) is 0.537. The van der Waals surface area contributed by atoms with Crippen molar-refractivity contribution in [1.82, 2.24) is 28.9 Å². The lowest BCUT2D eigenvalue weighted by Gasteiger charge is -2.41.